The lowest BCUT2D eigenvalue weighted by atomic mass is 9.91. The molecule has 3 aromatic rings. The van der Waals surface area contributed by atoms with Crippen molar-refractivity contribution < 1.29 is 9.72 Å². The smallest absolute Gasteiger partial charge is 0.272 e. The monoisotopic (exact) mass is 448 g/mol. The molecule has 1 saturated carbocycles. The number of amides is 1. The number of anilines is 2. The first kappa shape index (κ1) is 22.4. The van der Waals surface area contributed by atoms with E-state index in [4.69, 9.17) is 4.98 Å². The van der Waals surface area contributed by atoms with E-state index >= 15 is 0 Å². The molecular weight excluding hydrogens is 420 g/mol. The summed E-state index contributed by atoms with van der Waals surface area (Å²) in [6.07, 6.45) is 3.45. The summed E-state index contributed by atoms with van der Waals surface area (Å²) in [5.74, 6) is 1.30. The van der Waals surface area contributed by atoms with Crippen molar-refractivity contribution in [3.05, 3.63) is 63.7 Å². The van der Waals surface area contributed by atoms with Gasteiger partial charge in [-0.25, -0.2) is 4.98 Å². The van der Waals surface area contributed by atoms with Gasteiger partial charge in [0.15, 0.2) is 0 Å². The van der Waals surface area contributed by atoms with Crippen molar-refractivity contribution in [1.82, 2.24) is 15.3 Å². The molecule has 172 valence electrons. The van der Waals surface area contributed by atoms with Gasteiger partial charge in [0.05, 0.1) is 10.4 Å². The first-order valence-corrected chi connectivity index (χ1v) is 11.1. The van der Waals surface area contributed by atoms with Gasteiger partial charge in [-0.1, -0.05) is 12.1 Å². The zero-order chi connectivity index (χ0) is 23.5. The standard InChI is InChI=1S/C24H28N6O3/c1-15-14-16(8-13-21(15)30(32)33)23(31)25-17-9-11-18(12-10-17)26-24-27-20-7-5-4-6-19(20)22(28-24)29(2)3/h4-8,13-14,17-18H,9-12H2,1-3H3,(H,25,31)(H,26,27,28)/t17-,18+. The Labute approximate surface area is 192 Å². The van der Waals surface area contributed by atoms with Gasteiger partial charge in [0.25, 0.3) is 11.6 Å². The van der Waals surface area contributed by atoms with Crippen LogP contribution in [0.4, 0.5) is 17.5 Å². The van der Waals surface area contributed by atoms with Crippen LogP contribution >= 0.6 is 0 Å². The zero-order valence-electron chi connectivity index (χ0n) is 19.0. The average Bonchev–Trinajstić information content (AvgIpc) is 2.79. The maximum absolute atomic E-state index is 12.6. The second kappa shape index (κ2) is 9.40. The summed E-state index contributed by atoms with van der Waals surface area (Å²) < 4.78 is 0. The molecule has 0 spiro atoms. The van der Waals surface area contributed by atoms with Gasteiger partial charge in [-0.05, 0) is 56.9 Å². The molecule has 0 saturated heterocycles. The van der Waals surface area contributed by atoms with Gasteiger partial charge in [-0.15, -0.1) is 0 Å². The number of carbonyl (C=O) groups is 1. The van der Waals surface area contributed by atoms with Crippen LogP contribution in [0.2, 0.25) is 0 Å². The lowest BCUT2D eigenvalue weighted by molar-refractivity contribution is -0.385. The Balaban J connectivity index is 1.36. The van der Waals surface area contributed by atoms with E-state index in [2.05, 4.69) is 15.6 Å². The number of hydrogen-bond donors (Lipinski definition) is 2. The number of nitrogens with one attached hydrogen (secondary N) is 2. The predicted molar refractivity (Wildman–Crippen MR) is 129 cm³/mol. The minimum Gasteiger partial charge on any atom is -0.362 e. The molecule has 1 fully saturated rings. The normalized spacial score (nSPS) is 18.0. The summed E-state index contributed by atoms with van der Waals surface area (Å²) in [6, 6.07) is 12.7. The maximum Gasteiger partial charge on any atom is 0.272 e. The molecule has 1 amide bonds. The Kier molecular flexibility index (Phi) is 6.39. The van der Waals surface area contributed by atoms with Crippen LogP contribution in [0.25, 0.3) is 10.9 Å². The Morgan fingerprint density at radius 1 is 1.06 bits per heavy atom. The van der Waals surface area contributed by atoms with Crippen LogP contribution in [0.5, 0.6) is 0 Å². The third-order valence-corrected chi connectivity index (χ3v) is 6.06. The van der Waals surface area contributed by atoms with Crippen molar-refractivity contribution >= 4 is 34.3 Å². The molecule has 0 unspecified atom stereocenters. The molecular formula is C24H28N6O3. The summed E-state index contributed by atoms with van der Waals surface area (Å²) in [5, 5.41) is 18.5. The molecule has 9 heteroatoms. The molecule has 0 atom stereocenters. The van der Waals surface area contributed by atoms with Gasteiger partial charge >= 0.3 is 0 Å². The molecule has 0 aliphatic heterocycles. The van der Waals surface area contributed by atoms with E-state index in [1.54, 1.807) is 13.0 Å². The maximum atomic E-state index is 12.6. The number of para-hydroxylation sites is 1. The summed E-state index contributed by atoms with van der Waals surface area (Å²) in [4.78, 5) is 34.6. The van der Waals surface area contributed by atoms with Crippen molar-refractivity contribution in [3.8, 4) is 0 Å². The predicted octanol–water partition coefficient (Wildman–Crippen LogP) is 4.07. The highest BCUT2D eigenvalue weighted by atomic mass is 16.6. The van der Waals surface area contributed by atoms with Crippen molar-refractivity contribution in [2.24, 2.45) is 0 Å². The van der Waals surface area contributed by atoms with Crippen LogP contribution in [0, 0.1) is 17.0 Å². The highest BCUT2D eigenvalue weighted by molar-refractivity contribution is 5.95. The molecule has 9 nitrogen and oxygen atoms in total. The van der Waals surface area contributed by atoms with Crippen molar-refractivity contribution in [2.45, 2.75) is 44.7 Å². The number of benzene rings is 2. The van der Waals surface area contributed by atoms with Crippen LogP contribution < -0.4 is 15.5 Å². The highest BCUT2D eigenvalue weighted by Gasteiger charge is 2.24. The van der Waals surface area contributed by atoms with Crippen LogP contribution in [-0.4, -0.2) is 47.0 Å². The number of nitrogens with zero attached hydrogens (tertiary/aromatic N) is 4. The Hall–Kier alpha value is -3.75. The fourth-order valence-electron chi connectivity index (χ4n) is 4.30. The number of aryl methyl sites for hydroxylation is 1. The fraction of sp³-hybridized carbons (Fsp3) is 0.375. The zero-order valence-corrected chi connectivity index (χ0v) is 19.0. The van der Waals surface area contributed by atoms with Gasteiger partial charge in [-0.3, -0.25) is 14.9 Å². The van der Waals surface area contributed by atoms with E-state index in [0.29, 0.717) is 17.1 Å². The van der Waals surface area contributed by atoms with Crippen molar-refractivity contribution in [3.63, 3.8) is 0 Å². The van der Waals surface area contributed by atoms with E-state index < -0.39 is 4.92 Å². The minimum absolute atomic E-state index is 0.0199. The quantitative estimate of drug-likeness (QED) is 0.432. The van der Waals surface area contributed by atoms with E-state index in [9.17, 15) is 14.9 Å². The van der Waals surface area contributed by atoms with E-state index in [0.717, 1.165) is 42.4 Å². The summed E-state index contributed by atoms with van der Waals surface area (Å²) in [7, 11) is 3.94. The Morgan fingerprint density at radius 2 is 1.76 bits per heavy atom. The largest absolute Gasteiger partial charge is 0.362 e. The number of carbonyl (C=O) groups excluding carboxylic acids is 1. The second-order valence-electron chi connectivity index (χ2n) is 8.71. The highest BCUT2D eigenvalue weighted by Crippen LogP contribution is 2.26. The van der Waals surface area contributed by atoms with Gasteiger partial charge in [-0.2, -0.15) is 4.98 Å². The molecule has 1 aromatic heterocycles. The molecule has 1 aliphatic rings. The minimum atomic E-state index is -0.438. The lowest BCUT2D eigenvalue weighted by Crippen LogP contribution is -2.40. The molecule has 2 N–H and O–H groups in total. The van der Waals surface area contributed by atoms with Crippen LogP contribution in [0.1, 0.15) is 41.6 Å². The summed E-state index contributed by atoms with van der Waals surface area (Å²) in [5.41, 5.74) is 1.84. The number of nitro groups is 1. The van der Waals surface area contributed by atoms with Gasteiger partial charge in [0.1, 0.15) is 5.82 Å². The number of nitro benzene ring substituents is 1. The molecule has 4 rings (SSSR count). The van der Waals surface area contributed by atoms with Crippen LogP contribution in [-0.2, 0) is 0 Å². The second-order valence-corrected chi connectivity index (χ2v) is 8.71. The Bertz CT molecular complexity index is 1190. The first-order chi connectivity index (χ1) is 15.8. The Morgan fingerprint density at radius 3 is 2.42 bits per heavy atom. The van der Waals surface area contributed by atoms with E-state index in [1.807, 2.05) is 43.3 Å². The number of rotatable bonds is 6. The van der Waals surface area contributed by atoms with E-state index in [1.165, 1.54) is 12.1 Å². The van der Waals surface area contributed by atoms with Crippen molar-refractivity contribution in [2.75, 3.05) is 24.3 Å². The summed E-state index contributed by atoms with van der Waals surface area (Å²) >= 11 is 0. The molecule has 1 aliphatic carbocycles. The molecule has 2 aromatic carbocycles. The van der Waals surface area contributed by atoms with Gasteiger partial charge < -0.3 is 15.5 Å². The fourth-order valence-corrected chi connectivity index (χ4v) is 4.30. The average molecular weight is 449 g/mol. The van der Waals surface area contributed by atoms with E-state index in [-0.39, 0.29) is 23.7 Å². The van der Waals surface area contributed by atoms with Gasteiger partial charge in [0, 0.05) is 48.8 Å². The summed E-state index contributed by atoms with van der Waals surface area (Å²) in [6.45, 7) is 1.64. The molecule has 0 bridgehead atoms. The molecule has 0 radical (unpaired) electrons. The van der Waals surface area contributed by atoms with Gasteiger partial charge in [0.2, 0.25) is 5.95 Å². The van der Waals surface area contributed by atoms with Crippen molar-refractivity contribution in [1.29, 1.82) is 0 Å². The molecule has 33 heavy (non-hydrogen) atoms. The lowest BCUT2D eigenvalue weighted by Gasteiger charge is -2.30. The first-order valence-electron chi connectivity index (χ1n) is 11.1. The number of hydrogen-bond acceptors (Lipinski definition) is 7. The van der Waals surface area contributed by atoms with Crippen LogP contribution in [0.15, 0.2) is 42.5 Å². The van der Waals surface area contributed by atoms with Crippen LogP contribution in [0.3, 0.4) is 0 Å². The third kappa shape index (κ3) is 5.02. The SMILES string of the molecule is Cc1cc(C(=O)N[C@H]2CC[C@@H](Nc3nc(N(C)C)c4ccccc4n3)CC2)ccc1[N+](=O)[O-]. The topological polar surface area (TPSA) is 113 Å². The number of fused-ring (bicyclic) bond motifs is 1. The third-order valence-electron chi connectivity index (χ3n) is 6.06. The number of aromatic nitrogens is 2. The molecule has 1 heterocycles.